The van der Waals surface area contributed by atoms with Gasteiger partial charge in [-0.1, -0.05) is 18.2 Å². The fourth-order valence-electron chi connectivity index (χ4n) is 4.67. The van der Waals surface area contributed by atoms with Crippen LogP contribution in [0.5, 0.6) is 5.75 Å². The van der Waals surface area contributed by atoms with Gasteiger partial charge in [0.25, 0.3) is 0 Å². The Bertz CT molecular complexity index is 1710. The number of rotatable bonds is 5. The molecule has 3 aromatic carbocycles. The molecule has 0 radical (unpaired) electrons. The van der Waals surface area contributed by atoms with E-state index >= 15 is 0 Å². The molecule has 0 unspecified atom stereocenters. The number of aromatic nitrogens is 4. The highest BCUT2D eigenvalue weighted by atomic mass is 19.1. The highest BCUT2D eigenvalue weighted by Gasteiger charge is 2.15. The van der Waals surface area contributed by atoms with Crippen molar-refractivity contribution in [3.63, 3.8) is 0 Å². The fourth-order valence-corrected chi connectivity index (χ4v) is 4.67. The monoisotopic (exact) mass is 477 g/mol. The van der Waals surface area contributed by atoms with E-state index in [1.165, 1.54) is 6.07 Å². The topological polar surface area (TPSA) is 89.6 Å². The van der Waals surface area contributed by atoms with Gasteiger partial charge in [0.2, 0.25) is 0 Å². The van der Waals surface area contributed by atoms with Crippen LogP contribution < -0.4 is 5.32 Å². The Labute approximate surface area is 206 Å². The summed E-state index contributed by atoms with van der Waals surface area (Å²) >= 11 is 0. The first-order valence-electron chi connectivity index (χ1n) is 11.8. The summed E-state index contributed by atoms with van der Waals surface area (Å²) in [6, 6.07) is 20.5. The summed E-state index contributed by atoms with van der Waals surface area (Å²) in [5.74, 6) is -0.587. The molecule has 0 bridgehead atoms. The maximum Gasteiger partial charge on any atom is 0.127 e. The quantitative estimate of drug-likeness (QED) is 0.213. The maximum absolute atomic E-state index is 14.0. The number of pyridine rings is 1. The van der Waals surface area contributed by atoms with E-state index in [4.69, 9.17) is 0 Å². The van der Waals surface area contributed by atoms with Gasteiger partial charge in [0.05, 0.1) is 16.9 Å². The van der Waals surface area contributed by atoms with Crippen LogP contribution in [0.15, 0.2) is 79.1 Å². The standard InChI is InChI=1S/C29H24FN5O/c1-16(2)32-21-9-19(14-31-15-21)17-6-7-27-25(11-17)29(35-34-27)28-13-24-23(4-3-5-26(24)33-28)18-8-20(30)12-22(36)10-18/h3-16,32-33,36H,1-2H3,(H,34,35). The van der Waals surface area contributed by atoms with Gasteiger partial charge in [0.15, 0.2) is 0 Å². The lowest BCUT2D eigenvalue weighted by molar-refractivity contribution is 0.469. The molecule has 178 valence electrons. The molecular weight excluding hydrogens is 453 g/mol. The molecule has 6 aromatic rings. The second-order valence-electron chi connectivity index (χ2n) is 9.24. The van der Waals surface area contributed by atoms with E-state index in [2.05, 4.69) is 57.5 Å². The third-order valence-corrected chi connectivity index (χ3v) is 6.20. The lowest BCUT2D eigenvalue weighted by atomic mass is 10.0. The van der Waals surface area contributed by atoms with Gasteiger partial charge < -0.3 is 15.4 Å². The van der Waals surface area contributed by atoms with Gasteiger partial charge in [-0.3, -0.25) is 10.1 Å². The van der Waals surface area contributed by atoms with Crippen LogP contribution in [0.1, 0.15) is 13.8 Å². The Balaban J connectivity index is 1.45. The summed E-state index contributed by atoms with van der Waals surface area (Å²) in [5.41, 5.74) is 7.92. The highest BCUT2D eigenvalue weighted by molar-refractivity contribution is 6.02. The molecule has 6 nitrogen and oxygen atoms in total. The smallest absolute Gasteiger partial charge is 0.127 e. The van der Waals surface area contributed by atoms with E-state index in [0.717, 1.165) is 61.6 Å². The van der Waals surface area contributed by atoms with Crippen LogP contribution in [0.3, 0.4) is 0 Å². The Morgan fingerprint density at radius 3 is 2.58 bits per heavy atom. The van der Waals surface area contributed by atoms with Crippen molar-refractivity contribution in [2.75, 3.05) is 5.32 Å². The molecule has 0 fully saturated rings. The minimum atomic E-state index is -0.481. The van der Waals surface area contributed by atoms with E-state index in [9.17, 15) is 9.50 Å². The predicted molar refractivity (Wildman–Crippen MR) is 142 cm³/mol. The first-order chi connectivity index (χ1) is 17.4. The number of hydrogen-bond donors (Lipinski definition) is 4. The van der Waals surface area contributed by atoms with Crippen molar-refractivity contribution < 1.29 is 9.50 Å². The van der Waals surface area contributed by atoms with Crippen molar-refractivity contribution in [3.05, 3.63) is 84.9 Å². The van der Waals surface area contributed by atoms with E-state index in [1.807, 2.05) is 42.7 Å². The van der Waals surface area contributed by atoms with Crippen LogP contribution in [0.4, 0.5) is 10.1 Å². The van der Waals surface area contributed by atoms with Crippen molar-refractivity contribution >= 4 is 27.5 Å². The lowest BCUT2D eigenvalue weighted by Gasteiger charge is -2.11. The van der Waals surface area contributed by atoms with Gasteiger partial charge in [0.1, 0.15) is 17.3 Å². The van der Waals surface area contributed by atoms with Gasteiger partial charge in [-0.2, -0.15) is 5.10 Å². The van der Waals surface area contributed by atoms with Crippen LogP contribution >= 0.6 is 0 Å². The lowest BCUT2D eigenvalue weighted by Crippen LogP contribution is -2.09. The molecule has 36 heavy (non-hydrogen) atoms. The normalized spacial score (nSPS) is 11.6. The Morgan fingerprint density at radius 1 is 0.861 bits per heavy atom. The molecular formula is C29H24FN5O. The number of benzene rings is 3. The number of phenolic OH excluding ortho intramolecular Hbond substituents is 1. The summed E-state index contributed by atoms with van der Waals surface area (Å²) in [4.78, 5) is 7.86. The second kappa shape index (κ2) is 8.53. The Morgan fingerprint density at radius 2 is 1.75 bits per heavy atom. The van der Waals surface area contributed by atoms with Crippen molar-refractivity contribution in [3.8, 4) is 39.4 Å². The van der Waals surface area contributed by atoms with E-state index < -0.39 is 5.82 Å². The largest absolute Gasteiger partial charge is 0.508 e. The number of H-pyrrole nitrogens is 2. The van der Waals surface area contributed by atoms with Crippen molar-refractivity contribution in [2.24, 2.45) is 0 Å². The number of fused-ring (bicyclic) bond motifs is 2. The molecule has 0 saturated carbocycles. The molecule has 6 rings (SSSR count). The number of anilines is 1. The van der Waals surface area contributed by atoms with Crippen LogP contribution in [-0.4, -0.2) is 31.3 Å². The van der Waals surface area contributed by atoms with Gasteiger partial charge in [0, 0.05) is 46.4 Å². The third-order valence-electron chi connectivity index (χ3n) is 6.20. The second-order valence-corrected chi connectivity index (χ2v) is 9.24. The number of aromatic amines is 2. The molecule has 0 spiro atoms. The maximum atomic E-state index is 14.0. The molecule has 3 aromatic heterocycles. The summed E-state index contributed by atoms with van der Waals surface area (Å²) < 4.78 is 14.0. The summed E-state index contributed by atoms with van der Waals surface area (Å²) in [5, 5.41) is 22.9. The minimum absolute atomic E-state index is 0.106. The van der Waals surface area contributed by atoms with Crippen LogP contribution in [0.2, 0.25) is 0 Å². The zero-order valence-corrected chi connectivity index (χ0v) is 19.8. The molecule has 7 heteroatoms. The van der Waals surface area contributed by atoms with Crippen molar-refractivity contribution in [2.45, 2.75) is 19.9 Å². The number of nitrogens with zero attached hydrogens (tertiary/aromatic N) is 2. The zero-order valence-electron chi connectivity index (χ0n) is 19.8. The van der Waals surface area contributed by atoms with E-state index in [1.54, 1.807) is 6.07 Å². The average Bonchev–Trinajstić information content (AvgIpc) is 3.46. The number of hydrogen-bond acceptors (Lipinski definition) is 4. The van der Waals surface area contributed by atoms with Gasteiger partial charge in [-0.25, -0.2) is 4.39 Å². The van der Waals surface area contributed by atoms with Crippen LogP contribution in [-0.2, 0) is 0 Å². The van der Waals surface area contributed by atoms with Gasteiger partial charge >= 0.3 is 0 Å². The molecule has 0 atom stereocenters. The Kier molecular flexibility index (Phi) is 5.18. The molecule has 0 aliphatic carbocycles. The first kappa shape index (κ1) is 21.9. The van der Waals surface area contributed by atoms with E-state index in [0.29, 0.717) is 11.6 Å². The molecule has 3 heterocycles. The van der Waals surface area contributed by atoms with Crippen molar-refractivity contribution in [1.82, 2.24) is 20.2 Å². The highest BCUT2D eigenvalue weighted by Crippen LogP contribution is 2.36. The zero-order chi connectivity index (χ0) is 24.8. The number of phenols is 1. The summed E-state index contributed by atoms with van der Waals surface area (Å²) in [6.07, 6.45) is 3.68. The molecule has 0 aliphatic rings. The van der Waals surface area contributed by atoms with Crippen molar-refractivity contribution in [1.29, 1.82) is 0 Å². The van der Waals surface area contributed by atoms with Crippen LogP contribution in [0, 0.1) is 5.82 Å². The summed E-state index contributed by atoms with van der Waals surface area (Å²) in [6.45, 7) is 4.19. The SMILES string of the molecule is CC(C)Nc1cncc(-c2ccc3[nH]nc(-c4cc5c(-c6cc(O)cc(F)c6)cccc5[nH]4)c3c2)c1. The van der Waals surface area contributed by atoms with E-state index in [-0.39, 0.29) is 5.75 Å². The molecule has 4 N–H and O–H groups in total. The van der Waals surface area contributed by atoms with Gasteiger partial charge in [-0.05, 0) is 73.0 Å². The average molecular weight is 478 g/mol. The molecule has 0 aliphatic heterocycles. The molecule has 0 saturated heterocycles. The third kappa shape index (κ3) is 3.94. The predicted octanol–water partition coefficient (Wildman–Crippen LogP) is 7.11. The number of halogens is 1. The molecule has 0 amide bonds. The van der Waals surface area contributed by atoms with Crippen LogP contribution in [0.25, 0.3) is 55.4 Å². The number of aromatic hydroxyl groups is 1. The summed E-state index contributed by atoms with van der Waals surface area (Å²) in [7, 11) is 0. The Hall–Kier alpha value is -4.65. The van der Waals surface area contributed by atoms with Gasteiger partial charge in [-0.15, -0.1) is 0 Å². The first-order valence-corrected chi connectivity index (χ1v) is 11.8. The fraction of sp³-hybridized carbons (Fsp3) is 0.103. The number of nitrogens with one attached hydrogen (secondary N) is 3. The minimum Gasteiger partial charge on any atom is -0.508 e.